The van der Waals surface area contributed by atoms with Crippen LogP contribution in [0.3, 0.4) is 0 Å². The van der Waals surface area contributed by atoms with E-state index in [0.29, 0.717) is 0 Å². The third-order valence-corrected chi connectivity index (χ3v) is 6.61. The van der Waals surface area contributed by atoms with Crippen LogP contribution < -0.4 is 4.68 Å². The molecule has 6 aromatic rings. The molecule has 3 nitrogen and oxygen atoms in total. The molecule has 2 heterocycles. The van der Waals surface area contributed by atoms with Crippen molar-refractivity contribution in [1.82, 2.24) is 9.25 Å². The summed E-state index contributed by atoms with van der Waals surface area (Å²) >= 11 is 0. The van der Waals surface area contributed by atoms with Crippen LogP contribution in [0.15, 0.2) is 122 Å². The fourth-order valence-electron chi connectivity index (χ4n) is 5.02. The van der Waals surface area contributed by atoms with Crippen LogP contribution in [-0.2, 0) is 7.05 Å². The molecule has 0 aliphatic heterocycles. The van der Waals surface area contributed by atoms with Gasteiger partial charge < -0.3 is 0 Å². The van der Waals surface area contributed by atoms with E-state index in [1.807, 2.05) is 0 Å². The van der Waals surface area contributed by atoms with Crippen molar-refractivity contribution in [2.45, 2.75) is 6.92 Å². The molecule has 0 saturated carbocycles. The first-order chi connectivity index (χ1) is 16.7. The highest BCUT2D eigenvalue weighted by Gasteiger charge is 2.24. The Kier molecular flexibility index (Phi) is 4.88. The molecule has 34 heavy (non-hydrogen) atoms. The van der Waals surface area contributed by atoms with Crippen molar-refractivity contribution in [3.63, 3.8) is 0 Å². The van der Waals surface area contributed by atoms with E-state index in [9.17, 15) is 0 Å². The molecule has 0 radical (unpaired) electrons. The van der Waals surface area contributed by atoms with Gasteiger partial charge in [-0.2, -0.15) is 0 Å². The van der Waals surface area contributed by atoms with Gasteiger partial charge in [-0.3, -0.25) is 4.57 Å². The van der Waals surface area contributed by atoms with E-state index in [-0.39, 0.29) is 0 Å². The second-order valence-corrected chi connectivity index (χ2v) is 8.64. The number of aromatic nitrogens is 3. The normalized spacial score (nSPS) is 11.2. The number of hydrogen-bond donors (Lipinski definition) is 0. The van der Waals surface area contributed by atoms with Gasteiger partial charge in [0.15, 0.2) is 19.1 Å². The van der Waals surface area contributed by atoms with Gasteiger partial charge in [0.25, 0.3) is 0 Å². The van der Waals surface area contributed by atoms with Gasteiger partial charge in [0.1, 0.15) is 0 Å². The van der Waals surface area contributed by atoms with Gasteiger partial charge in [-0.15, -0.1) is 9.36 Å². The van der Waals surface area contributed by atoms with E-state index >= 15 is 0 Å². The highest BCUT2D eigenvalue weighted by Crippen LogP contribution is 2.40. The van der Waals surface area contributed by atoms with Crippen molar-refractivity contribution in [2.24, 2.45) is 7.05 Å². The molecule has 0 N–H and O–H groups in total. The summed E-state index contributed by atoms with van der Waals surface area (Å²) in [5.74, 6) is 1.15. The maximum atomic E-state index is 2.44. The number of benzene rings is 4. The van der Waals surface area contributed by atoms with E-state index in [2.05, 4.69) is 149 Å². The predicted molar refractivity (Wildman–Crippen MR) is 139 cm³/mol. The third-order valence-electron chi connectivity index (χ3n) is 6.61. The Balaban J connectivity index is 1.81. The zero-order valence-electron chi connectivity index (χ0n) is 19.4. The number of fused-ring (bicyclic) bond motifs is 1. The van der Waals surface area contributed by atoms with E-state index in [4.69, 9.17) is 0 Å². The third kappa shape index (κ3) is 3.17. The van der Waals surface area contributed by atoms with Gasteiger partial charge >= 0.3 is 0 Å². The molecule has 0 atom stereocenters. The molecule has 0 unspecified atom stereocenters. The first kappa shape index (κ1) is 20.3. The van der Waals surface area contributed by atoms with Gasteiger partial charge in [0.05, 0.1) is 17.4 Å². The average Bonchev–Trinajstić information content (AvgIpc) is 3.44. The molecule has 4 aromatic carbocycles. The maximum Gasteiger partial charge on any atom is 0.195 e. The highest BCUT2D eigenvalue weighted by atomic mass is 15.4. The zero-order chi connectivity index (χ0) is 23.1. The quantitative estimate of drug-likeness (QED) is 0.265. The Hall–Kier alpha value is -4.37. The van der Waals surface area contributed by atoms with Crippen LogP contribution in [-0.4, -0.2) is 9.25 Å². The molecule has 2 aromatic heterocycles. The van der Waals surface area contributed by atoms with E-state index in [1.165, 1.54) is 44.4 Å². The van der Waals surface area contributed by atoms with E-state index in [1.54, 1.807) is 0 Å². The highest BCUT2D eigenvalue weighted by molar-refractivity contribution is 5.94. The number of rotatable bonds is 4. The van der Waals surface area contributed by atoms with Crippen LogP contribution in [0.1, 0.15) is 5.56 Å². The molecule has 0 fully saturated rings. The minimum Gasteiger partial charge on any atom is -0.290 e. The molecule has 0 aliphatic carbocycles. The Morgan fingerprint density at radius 1 is 0.618 bits per heavy atom. The summed E-state index contributed by atoms with van der Waals surface area (Å²) in [7, 11) is 2.09. The van der Waals surface area contributed by atoms with Crippen LogP contribution >= 0.6 is 0 Å². The lowest BCUT2D eigenvalue weighted by molar-refractivity contribution is -0.744. The summed E-state index contributed by atoms with van der Waals surface area (Å²) in [5.41, 5.74) is 8.46. The molecule has 164 valence electrons. The topological polar surface area (TPSA) is 13.7 Å². The zero-order valence-corrected chi connectivity index (χ0v) is 19.4. The average molecular weight is 441 g/mol. The van der Waals surface area contributed by atoms with E-state index < -0.39 is 0 Å². The fraction of sp³-hybridized carbons (Fsp3) is 0.0645. The van der Waals surface area contributed by atoms with Crippen LogP contribution in [0, 0.1) is 6.92 Å². The summed E-state index contributed by atoms with van der Waals surface area (Å²) in [6.45, 7) is 2.22. The number of nitrogens with zero attached hydrogens (tertiary/aromatic N) is 3. The van der Waals surface area contributed by atoms with Crippen molar-refractivity contribution < 1.29 is 4.68 Å². The van der Waals surface area contributed by atoms with Gasteiger partial charge in [0.2, 0.25) is 0 Å². The van der Waals surface area contributed by atoms with Crippen LogP contribution in [0.5, 0.6) is 0 Å². The van der Waals surface area contributed by atoms with Gasteiger partial charge in [-0.25, -0.2) is 0 Å². The first-order valence-corrected chi connectivity index (χ1v) is 11.6. The minimum absolute atomic E-state index is 1.15. The predicted octanol–water partition coefficient (Wildman–Crippen LogP) is 6.89. The smallest absolute Gasteiger partial charge is 0.195 e. The van der Waals surface area contributed by atoms with Gasteiger partial charge in [0, 0.05) is 28.1 Å². The Labute approximate surface area is 199 Å². The Morgan fingerprint density at radius 3 is 1.79 bits per heavy atom. The molecule has 3 heteroatoms. The molecular formula is C31H26N3+. The minimum atomic E-state index is 1.15. The Morgan fingerprint density at radius 2 is 1.21 bits per heavy atom. The Bertz CT molecular complexity index is 1550. The standard InChI is InChI=1S/C31H26N3/c1-23-26-17-9-10-20-29(26)34(31(23)33-22-12-21-32(33)2)30-27(24-13-5-3-6-14-24)18-11-19-28(30)25-15-7-4-8-16-25/h3-22H,1-2H3/q+1. The fourth-order valence-corrected chi connectivity index (χ4v) is 5.02. The summed E-state index contributed by atoms with van der Waals surface area (Å²) < 4.78 is 6.80. The van der Waals surface area contributed by atoms with Crippen LogP contribution in [0.25, 0.3) is 44.7 Å². The lowest BCUT2D eigenvalue weighted by atomic mass is 9.95. The summed E-state index contributed by atoms with van der Waals surface area (Å²) in [6.07, 6.45) is 4.22. The molecule has 0 spiro atoms. The van der Waals surface area contributed by atoms with Gasteiger partial charge in [-0.1, -0.05) is 97.1 Å². The summed E-state index contributed by atoms with van der Waals surface area (Å²) in [6, 6.07) is 38.8. The first-order valence-electron chi connectivity index (χ1n) is 11.6. The van der Waals surface area contributed by atoms with Crippen molar-refractivity contribution in [2.75, 3.05) is 0 Å². The molecule has 0 amide bonds. The monoisotopic (exact) mass is 440 g/mol. The number of para-hydroxylation sites is 2. The van der Waals surface area contributed by atoms with Crippen molar-refractivity contribution in [3.8, 4) is 33.8 Å². The lowest BCUT2D eigenvalue weighted by Gasteiger charge is -2.20. The van der Waals surface area contributed by atoms with Gasteiger partial charge in [-0.05, 0) is 24.1 Å². The number of aryl methyl sites for hydroxylation is 2. The maximum absolute atomic E-state index is 2.44. The SMILES string of the molecule is Cc1c(-n2ccc[n+]2C)n(-c2c(-c3ccccc3)cccc2-c2ccccc2)c2ccccc12. The number of hydrogen-bond acceptors (Lipinski definition) is 0. The molecule has 6 rings (SSSR count). The summed E-state index contributed by atoms with van der Waals surface area (Å²) in [5, 5.41) is 1.26. The molecular weight excluding hydrogens is 414 g/mol. The van der Waals surface area contributed by atoms with E-state index in [0.717, 1.165) is 5.82 Å². The second-order valence-electron chi connectivity index (χ2n) is 8.64. The molecule has 0 saturated heterocycles. The van der Waals surface area contributed by atoms with Crippen molar-refractivity contribution >= 4 is 10.9 Å². The lowest BCUT2D eigenvalue weighted by Crippen LogP contribution is -2.38. The summed E-state index contributed by atoms with van der Waals surface area (Å²) in [4.78, 5) is 0. The molecule has 0 bridgehead atoms. The van der Waals surface area contributed by atoms with Crippen LogP contribution in [0.2, 0.25) is 0 Å². The largest absolute Gasteiger partial charge is 0.290 e. The molecule has 0 aliphatic rings. The second kappa shape index (κ2) is 8.20. The van der Waals surface area contributed by atoms with Crippen molar-refractivity contribution in [1.29, 1.82) is 0 Å². The van der Waals surface area contributed by atoms with Crippen molar-refractivity contribution in [3.05, 3.63) is 127 Å². The van der Waals surface area contributed by atoms with Crippen LogP contribution in [0.4, 0.5) is 0 Å².